The van der Waals surface area contributed by atoms with Crippen molar-refractivity contribution >= 4 is 11.9 Å². The number of carbonyl (C=O) groups excluding carboxylic acids is 2. The topological polar surface area (TPSA) is 175 Å². The second-order valence-corrected chi connectivity index (χ2v) is 20.3. The van der Waals surface area contributed by atoms with E-state index >= 15 is 0 Å². The van der Waals surface area contributed by atoms with Gasteiger partial charge in [-0.05, 0) is 109 Å². The standard InChI is InChI=1S/C66H109NO10/c1-4-7-10-13-16-19-22-24-26-28-29-30-32-33-35-38-41-44-47-50-53-59(70)65(74)67-57(58(69)52-49-46-43-40-37-21-18-15-12-9-6-3)56-75-66-64(63(73)62(72)60(55-68)76-66)77-61(71)54-51-48-45-42-39-36-34-31-27-25-23-20-17-14-11-8-5-2/h7,10,16-17,19-20,24-27,29-30,33-36,42,45,49,52,57-60,62-64,66,68-70,72-73H,4-6,8-9,11-15,18,21-23,28,31-32,37-41,43-44,46-48,50-51,53-56H2,1-3H3,(H,67,74)/b10-7-,19-16-,20-17-,26-24-,27-25-,30-29-,35-33-,36-34-,45-42-,52-49+. The van der Waals surface area contributed by atoms with Crippen molar-refractivity contribution in [2.45, 2.75) is 269 Å². The minimum Gasteiger partial charge on any atom is -0.454 e. The van der Waals surface area contributed by atoms with E-state index in [0.717, 1.165) is 109 Å². The zero-order valence-electron chi connectivity index (χ0n) is 48.3. The lowest BCUT2D eigenvalue weighted by molar-refractivity contribution is -0.305. The molecule has 1 rings (SSSR count). The Bertz CT molecular complexity index is 1710. The van der Waals surface area contributed by atoms with Crippen molar-refractivity contribution < 1.29 is 49.3 Å². The normalized spacial score (nSPS) is 19.9. The lowest BCUT2D eigenvalue weighted by Gasteiger charge is -2.41. The van der Waals surface area contributed by atoms with Gasteiger partial charge in [-0.2, -0.15) is 0 Å². The maximum absolute atomic E-state index is 13.4. The van der Waals surface area contributed by atoms with Gasteiger partial charge >= 0.3 is 5.97 Å². The average Bonchev–Trinajstić information content (AvgIpc) is 3.43. The molecule has 6 N–H and O–H groups in total. The van der Waals surface area contributed by atoms with Crippen LogP contribution in [0.3, 0.4) is 0 Å². The number of unbranched alkanes of at least 4 members (excludes halogenated alkanes) is 17. The molecular formula is C66H109NO10. The molecule has 1 saturated heterocycles. The van der Waals surface area contributed by atoms with Crippen molar-refractivity contribution in [3.8, 4) is 0 Å². The third-order valence-electron chi connectivity index (χ3n) is 13.3. The molecule has 0 aromatic rings. The predicted octanol–water partition coefficient (Wildman–Crippen LogP) is 14.3. The van der Waals surface area contributed by atoms with Crippen LogP contribution in [0.2, 0.25) is 0 Å². The first-order valence-corrected chi connectivity index (χ1v) is 30.3. The minimum absolute atomic E-state index is 0.0385. The molecule has 77 heavy (non-hydrogen) atoms. The van der Waals surface area contributed by atoms with Gasteiger partial charge in [0.2, 0.25) is 5.91 Å². The Balaban J connectivity index is 2.74. The van der Waals surface area contributed by atoms with E-state index in [0.29, 0.717) is 19.3 Å². The molecule has 0 aromatic carbocycles. The van der Waals surface area contributed by atoms with E-state index in [1.807, 2.05) is 18.2 Å². The van der Waals surface area contributed by atoms with Crippen molar-refractivity contribution in [1.82, 2.24) is 5.32 Å². The largest absolute Gasteiger partial charge is 0.454 e. The fourth-order valence-corrected chi connectivity index (χ4v) is 8.55. The molecule has 1 fully saturated rings. The number of rotatable bonds is 49. The van der Waals surface area contributed by atoms with Crippen molar-refractivity contribution in [2.24, 2.45) is 0 Å². The second-order valence-electron chi connectivity index (χ2n) is 20.3. The first-order valence-electron chi connectivity index (χ1n) is 30.3. The molecule has 0 spiro atoms. The highest BCUT2D eigenvalue weighted by atomic mass is 16.7. The number of hydrogen-bond donors (Lipinski definition) is 6. The molecule has 0 aromatic heterocycles. The van der Waals surface area contributed by atoms with Crippen molar-refractivity contribution in [3.63, 3.8) is 0 Å². The quantitative estimate of drug-likeness (QED) is 0.0195. The highest BCUT2D eigenvalue weighted by Crippen LogP contribution is 2.26. The maximum Gasteiger partial charge on any atom is 0.306 e. The molecule has 8 unspecified atom stereocenters. The third kappa shape index (κ3) is 40.8. The van der Waals surface area contributed by atoms with Gasteiger partial charge in [0, 0.05) is 6.42 Å². The Hall–Kier alpha value is -3.94. The zero-order chi connectivity index (χ0) is 56.1. The summed E-state index contributed by atoms with van der Waals surface area (Å²) in [4.78, 5) is 26.5. The molecule has 8 atom stereocenters. The highest BCUT2D eigenvalue weighted by molar-refractivity contribution is 5.80. The van der Waals surface area contributed by atoms with Crippen molar-refractivity contribution in [3.05, 3.63) is 122 Å². The van der Waals surface area contributed by atoms with Gasteiger partial charge in [-0.1, -0.05) is 226 Å². The van der Waals surface area contributed by atoms with Crippen LogP contribution in [0.15, 0.2) is 122 Å². The van der Waals surface area contributed by atoms with Gasteiger partial charge in [-0.15, -0.1) is 0 Å². The number of ether oxygens (including phenoxy) is 3. The van der Waals surface area contributed by atoms with Crippen LogP contribution in [0.5, 0.6) is 0 Å². The summed E-state index contributed by atoms with van der Waals surface area (Å²) in [5.41, 5.74) is 0. The number of aliphatic hydroxyl groups excluding tert-OH is 5. The van der Waals surface area contributed by atoms with E-state index in [4.69, 9.17) is 14.2 Å². The Labute approximate surface area is 468 Å². The van der Waals surface area contributed by atoms with Crippen LogP contribution >= 0.6 is 0 Å². The summed E-state index contributed by atoms with van der Waals surface area (Å²) in [6, 6.07) is -1.05. The minimum atomic E-state index is -1.65. The molecule has 11 heteroatoms. The van der Waals surface area contributed by atoms with Crippen LogP contribution in [-0.4, -0.2) is 99.6 Å². The molecule has 0 aliphatic carbocycles. The van der Waals surface area contributed by atoms with Gasteiger partial charge in [0.25, 0.3) is 0 Å². The van der Waals surface area contributed by atoms with Gasteiger partial charge in [-0.25, -0.2) is 0 Å². The van der Waals surface area contributed by atoms with Gasteiger partial charge in [0.1, 0.15) is 24.4 Å². The summed E-state index contributed by atoms with van der Waals surface area (Å²) in [5, 5.41) is 56.9. The lowest BCUT2D eigenvalue weighted by atomic mass is 9.99. The van der Waals surface area contributed by atoms with E-state index in [-0.39, 0.29) is 19.4 Å². The summed E-state index contributed by atoms with van der Waals surface area (Å²) >= 11 is 0. The number of amides is 1. The van der Waals surface area contributed by atoms with E-state index in [2.05, 4.69) is 123 Å². The molecule has 1 aliphatic heterocycles. The average molecular weight is 1080 g/mol. The summed E-state index contributed by atoms with van der Waals surface area (Å²) in [6.45, 7) is 5.58. The molecule has 438 valence electrons. The van der Waals surface area contributed by atoms with E-state index in [9.17, 15) is 35.1 Å². The fraction of sp³-hybridized carbons (Fsp3) is 0.667. The Morgan fingerprint density at radius 1 is 0.519 bits per heavy atom. The molecule has 0 saturated carbocycles. The molecule has 1 heterocycles. The number of aliphatic hydroxyl groups is 5. The van der Waals surface area contributed by atoms with Crippen LogP contribution in [-0.2, 0) is 23.8 Å². The van der Waals surface area contributed by atoms with E-state index in [1.54, 1.807) is 6.08 Å². The monoisotopic (exact) mass is 1080 g/mol. The smallest absolute Gasteiger partial charge is 0.306 e. The van der Waals surface area contributed by atoms with E-state index < -0.39 is 67.4 Å². The summed E-state index contributed by atoms with van der Waals surface area (Å²) < 4.78 is 17.5. The number of carbonyl (C=O) groups is 2. The Kier molecular flexibility index (Phi) is 48.7. The fourth-order valence-electron chi connectivity index (χ4n) is 8.55. The molecular weight excluding hydrogens is 967 g/mol. The Morgan fingerprint density at radius 3 is 1.43 bits per heavy atom. The van der Waals surface area contributed by atoms with Crippen LogP contribution in [0.1, 0.15) is 220 Å². The summed E-state index contributed by atoms with van der Waals surface area (Å²) in [6.07, 6.45) is 62.4. The zero-order valence-corrected chi connectivity index (χ0v) is 48.3. The third-order valence-corrected chi connectivity index (χ3v) is 13.3. The van der Waals surface area contributed by atoms with Crippen LogP contribution in [0.4, 0.5) is 0 Å². The van der Waals surface area contributed by atoms with Crippen molar-refractivity contribution in [1.29, 1.82) is 0 Å². The number of hydrogen-bond acceptors (Lipinski definition) is 10. The van der Waals surface area contributed by atoms with Gasteiger partial charge < -0.3 is 45.1 Å². The molecule has 0 bridgehead atoms. The van der Waals surface area contributed by atoms with Gasteiger partial charge in [0.15, 0.2) is 12.4 Å². The Morgan fingerprint density at radius 2 is 0.935 bits per heavy atom. The summed E-state index contributed by atoms with van der Waals surface area (Å²) in [5.74, 6) is -1.28. The van der Waals surface area contributed by atoms with Crippen LogP contribution < -0.4 is 5.32 Å². The first-order chi connectivity index (χ1) is 37.7. The number of allylic oxidation sites excluding steroid dienone is 19. The predicted molar refractivity (Wildman–Crippen MR) is 319 cm³/mol. The molecule has 0 radical (unpaired) electrons. The number of esters is 1. The van der Waals surface area contributed by atoms with Gasteiger partial charge in [0.05, 0.1) is 25.4 Å². The molecule has 1 aliphatic rings. The lowest BCUT2D eigenvalue weighted by Crippen LogP contribution is -2.61. The summed E-state index contributed by atoms with van der Waals surface area (Å²) in [7, 11) is 0. The number of nitrogens with one attached hydrogen (secondary N) is 1. The first kappa shape index (κ1) is 71.1. The second kappa shape index (κ2) is 52.7. The van der Waals surface area contributed by atoms with Crippen molar-refractivity contribution in [2.75, 3.05) is 13.2 Å². The van der Waals surface area contributed by atoms with E-state index in [1.165, 1.54) is 57.8 Å². The van der Waals surface area contributed by atoms with Crippen LogP contribution in [0.25, 0.3) is 0 Å². The highest BCUT2D eigenvalue weighted by Gasteiger charge is 2.47. The van der Waals surface area contributed by atoms with Gasteiger partial charge in [-0.3, -0.25) is 9.59 Å². The molecule has 11 nitrogen and oxygen atoms in total. The maximum atomic E-state index is 13.4. The SMILES string of the molecule is CC/C=C\C/C=C\C/C=C\C/C=C\C/C=C\CCCCCCC(O)C(=O)NC(COC1OC(CO)C(O)C(O)C1OC(=O)CCC/C=C\C/C=C\C/C=C\C/C=C\CCCCC)C(O)/C=C/CCCCCCCCCCC. The molecule has 1 amide bonds. The van der Waals surface area contributed by atoms with Crippen LogP contribution in [0, 0.1) is 0 Å².